The van der Waals surface area contributed by atoms with Crippen LogP contribution in [0.25, 0.3) is 21.9 Å². The van der Waals surface area contributed by atoms with Crippen LogP contribution < -0.4 is 16.2 Å². The van der Waals surface area contributed by atoms with E-state index in [2.05, 4.69) is 5.32 Å². The molecule has 5 aromatic rings. The molecule has 0 bridgehead atoms. The van der Waals surface area contributed by atoms with Crippen molar-refractivity contribution in [1.29, 1.82) is 5.41 Å². The average Bonchev–Trinajstić information content (AvgIpc) is 3.24. The van der Waals surface area contributed by atoms with Crippen molar-refractivity contribution in [3.05, 3.63) is 114 Å². The van der Waals surface area contributed by atoms with Crippen molar-refractivity contribution in [3.8, 4) is 17.0 Å². The summed E-state index contributed by atoms with van der Waals surface area (Å²) in [5.41, 5.74) is 8.16. The van der Waals surface area contributed by atoms with Gasteiger partial charge < -0.3 is 20.7 Å². The monoisotopic (exact) mass is 539 g/mol. The number of nitrogen functional groups attached to an aromatic ring is 1. The van der Waals surface area contributed by atoms with E-state index in [4.69, 9.17) is 16.3 Å². The molecule has 1 heterocycles. The number of fused-ring (bicyclic) bond motifs is 1. The molecule has 1 aromatic heterocycles. The molecule has 39 heavy (non-hydrogen) atoms. The van der Waals surface area contributed by atoms with Gasteiger partial charge in [0.05, 0.1) is 4.90 Å². The lowest BCUT2D eigenvalue weighted by atomic mass is 10.0. The van der Waals surface area contributed by atoms with E-state index in [1.807, 2.05) is 6.07 Å². The topological polar surface area (TPSA) is 164 Å². The number of aromatic hydroxyl groups is 1. The first kappa shape index (κ1) is 25.7. The number of sulfonamides is 1. The number of nitrogens with two attached hydrogens (primary N) is 2. The SMILES string of the molecule is N=C(N)c1cccc(NC(=O)C(c2ccccc2)n2cc3cc(-c4ccccc4S(N)(=O)=O)ccc3c2O)c1. The molecule has 1 atom stereocenters. The van der Waals surface area contributed by atoms with Crippen molar-refractivity contribution in [3.63, 3.8) is 0 Å². The molecular weight excluding hydrogens is 514 g/mol. The Bertz CT molecular complexity index is 1830. The van der Waals surface area contributed by atoms with Crippen LogP contribution in [0.3, 0.4) is 0 Å². The van der Waals surface area contributed by atoms with Gasteiger partial charge in [-0.1, -0.05) is 66.7 Å². The summed E-state index contributed by atoms with van der Waals surface area (Å²) in [6, 6.07) is 26.2. The summed E-state index contributed by atoms with van der Waals surface area (Å²) in [7, 11) is -3.97. The van der Waals surface area contributed by atoms with E-state index in [1.54, 1.807) is 91.1 Å². The van der Waals surface area contributed by atoms with Crippen LogP contribution in [0, 0.1) is 5.41 Å². The Balaban J connectivity index is 1.60. The molecule has 0 aliphatic heterocycles. The number of anilines is 1. The molecule has 5 rings (SSSR count). The lowest BCUT2D eigenvalue weighted by Crippen LogP contribution is -2.26. The molecule has 0 spiro atoms. The Morgan fingerprint density at radius 3 is 2.36 bits per heavy atom. The summed E-state index contributed by atoms with van der Waals surface area (Å²) in [6.45, 7) is 0. The molecule has 1 amide bonds. The van der Waals surface area contributed by atoms with Gasteiger partial charge in [0.2, 0.25) is 10.0 Å². The molecule has 9 nitrogen and oxygen atoms in total. The normalized spacial score (nSPS) is 12.2. The number of hydrogen-bond acceptors (Lipinski definition) is 5. The number of hydrogen-bond donors (Lipinski definition) is 5. The number of carbonyl (C=O) groups is 1. The van der Waals surface area contributed by atoms with Gasteiger partial charge in [-0.05, 0) is 41.5 Å². The highest BCUT2D eigenvalue weighted by molar-refractivity contribution is 7.89. The third kappa shape index (κ3) is 5.11. The van der Waals surface area contributed by atoms with Gasteiger partial charge in [0.25, 0.3) is 5.91 Å². The Morgan fingerprint density at radius 2 is 1.64 bits per heavy atom. The number of amides is 1. The van der Waals surface area contributed by atoms with E-state index in [9.17, 15) is 18.3 Å². The summed E-state index contributed by atoms with van der Waals surface area (Å²) in [5.74, 6) is -0.671. The van der Waals surface area contributed by atoms with E-state index < -0.39 is 22.0 Å². The standard InChI is InChI=1S/C29H25N5O4S/c30-27(31)20-9-6-10-22(16-20)33-28(35)26(18-7-2-1-3-8-18)34-17-21-15-19(13-14-24(21)29(34)36)23-11-4-5-12-25(23)39(32,37)38/h1-17,26,36H,(H3,30,31)(H,33,35)(H2,32,37,38). The predicted molar refractivity (Wildman–Crippen MR) is 151 cm³/mol. The van der Waals surface area contributed by atoms with Crippen LogP contribution in [0.5, 0.6) is 5.88 Å². The van der Waals surface area contributed by atoms with E-state index in [0.717, 1.165) is 0 Å². The Morgan fingerprint density at radius 1 is 0.923 bits per heavy atom. The van der Waals surface area contributed by atoms with E-state index >= 15 is 0 Å². The van der Waals surface area contributed by atoms with Gasteiger partial charge in [0.15, 0.2) is 5.88 Å². The fourth-order valence-corrected chi connectivity index (χ4v) is 5.35. The fraction of sp³-hybridized carbons (Fsp3) is 0.0345. The van der Waals surface area contributed by atoms with Gasteiger partial charge in [-0.15, -0.1) is 0 Å². The minimum atomic E-state index is -3.97. The highest BCUT2D eigenvalue weighted by Crippen LogP contribution is 2.37. The molecule has 10 heteroatoms. The Hall–Kier alpha value is -4.93. The van der Waals surface area contributed by atoms with Crippen LogP contribution in [0.15, 0.2) is 108 Å². The zero-order valence-electron chi connectivity index (χ0n) is 20.6. The molecule has 0 aliphatic carbocycles. The molecule has 7 N–H and O–H groups in total. The largest absolute Gasteiger partial charge is 0.494 e. The molecule has 0 saturated heterocycles. The lowest BCUT2D eigenvalue weighted by molar-refractivity contribution is -0.118. The maximum atomic E-state index is 13.7. The number of primary sulfonamides is 1. The second-order valence-corrected chi connectivity index (χ2v) is 10.5. The zero-order valence-corrected chi connectivity index (χ0v) is 21.4. The first-order chi connectivity index (χ1) is 18.6. The van der Waals surface area contributed by atoms with E-state index in [0.29, 0.717) is 38.7 Å². The quantitative estimate of drug-likeness (QED) is 0.154. The van der Waals surface area contributed by atoms with Gasteiger partial charge in [0.1, 0.15) is 11.9 Å². The fourth-order valence-electron chi connectivity index (χ4n) is 4.59. The van der Waals surface area contributed by atoms with Crippen molar-refractivity contribution >= 4 is 38.2 Å². The number of carbonyl (C=O) groups excluding carboxylic acids is 1. The average molecular weight is 540 g/mol. The molecule has 4 aromatic carbocycles. The number of aromatic nitrogens is 1. The molecule has 0 aliphatic rings. The smallest absolute Gasteiger partial charge is 0.252 e. The van der Waals surface area contributed by atoms with Crippen LogP contribution >= 0.6 is 0 Å². The lowest BCUT2D eigenvalue weighted by Gasteiger charge is -2.20. The summed E-state index contributed by atoms with van der Waals surface area (Å²) >= 11 is 0. The Kier molecular flexibility index (Phi) is 6.65. The van der Waals surface area contributed by atoms with Gasteiger partial charge >= 0.3 is 0 Å². The highest BCUT2D eigenvalue weighted by Gasteiger charge is 2.26. The number of rotatable bonds is 7. The van der Waals surface area contributed by atoms with Crippen molar-refractivity contribution < 1.29 is 18.3 Å². The van der Waals surface area contributed by atoms with Crippen LogP contribution in [-0.4, -0.2) is 29.8 Å². The van der Waals surface area contributed by atoms with E-state index in [1.165, 1.54) is 10.6 Å². The van der Waals surface area contributed by atoms with Crippen molar-refractivity contribution in [2.24, 2.45) is 10.9 Å². The van der Waals surface area contributed by atoms with Crippen LogP contribution in [0.1, 0.15) is 17.2 Å². The van der Waals surface area contributed by atoms with E-state index in [-0.39, 0.29) is 16.6 Å². The molecule has 0 saturated carbocycles. The van der Waals surface area contributed by atoms with Gasteiger partial charge in [-0.25, -0.2) is 13.6 Å². The summed E-state index contributed by atoms with van der Waals surface area (Å²) in [4.78, 5) is 13.6. The minimum Gasteiger partial charge on any atom is -0.494 e. The number of nitrogens with zero attached hydrogens (tertiary/aromatic N) is 1. The Labute approximate surface area is 224 Å². The van der Waals surface area contributed by atoms with Crippen molar-refractivity contribution in [1.82, 2.24) is 4.57 Å². The third-order valence-electron chi connectivity index (χ3n) is 6.40. The molecule has 1 unspecified atom stereocenters. The van der Waals surface area contributed by atoms with Gasteiger partial charge in [-0.2, -0.15) is 0 Å². The van der Waals surface area contributed by atoms with Gasteiger partial charge in [0, 0.05) is 33.8 Å². The first-order valence-corrected chi connectivity index (χ1v) is 13.4. The van der Waals surface area contributed by atoms with Crippen LogP contribution in [0.4, 0.5) is 5.69 Å². The maximum absolute atomic E-state index is 13.7. The summed E-state index contributed by atoms with van der Waals surface area (Å²) < 4.78 is 25.8. The van der Waals surface area contributed by atoms with Crippen LogP contribution in [-0.2, 0) is 14.8 Å². The molecule has 0 fully saturated rings. The van der Waals surface area contributed by atoms with Crippen molar-refractivity contribution in [2.75, 3.05) is 5.32 Å². The van der Waals surface area contributed by atoms with Gasteiger partial charge in [-0.3, -0.25) is 10.2 Å². The minimum absolute atomic E-state index is 0.0117. The summed E-state index contributed by atoms with van der Waals surface area (Å²) in [5, 5.41) is 28.3. The second kappa shape index (κ2) is 10.1. The molecular formula is C29H25N5O4S. The third-order valence-corrected chi connectivity index (χ3v) is 7.37. The number of nitrogens with one attached hydrogen (secondary N) is 2. The van der Waals surface area contributed by atoms with Crippen molar-refractivity contribution in [2.45, 2.75) is 10.9 Å². The molecule has 0 radical (unpaired) electrons. The number of amidine groups is 1. The number of benzene rings is 4. The maximum Gasteiger partial charge on any atom is 0.252 e. The predicted octanol–water partition coefficient (Wildman–Crippen LogP) is 4.17. The molecule has 196 valence electrons. The zero-order chi connectivity index (χ0) is 27.7. The highest BCUT2D eigenvalue weighted by atomic mass is 32.2. The second-order valence-electron chi connectivity index (χ2n) is 9.00. The first-order valence-electron chi connectivity index (χ1n) is 11.9. The van der Waals surface area contributed by atoms with Crippen LogP contribution in [0.2, 0.25) is 0 Å². The summed E-state index contributed by atoms with van der Waals surface area (Å²) in [6.07, 6.45) is 1.65.